The van der Waals surface area contributed by atoms with Gasteiger partial charge in [0.15, 0.2) is 11.5 Å². The first kappa shape index (κ1) is 31.6. The molecular weight excluding hydrogens is 659 g/mol. The molecular formula is C30H33IN2O9. The van der Waals surface area contributed by atoms with Crippen molar-refractivity contribution in [1.82, 2.24) is 0 Å². The number of halogens is 1. The molecule has 1 aliphatic heterocycles. The summed E-state index contributed by atoms with van der Waals surface area (Å²) in [5.41, 5.74) is 2.78. The highest BCUT2D eigenvalue weighted by Gasteiger charge is 2.55. The number of carbonyl (C=O) groups is 2. The monoisotopic (exact) mass is 692 g/mol. The summed E-state index contributed by atoms with van der Waals surface area (Å²) in [5.74, 6) is -3.17. The SMILES string of the molecule is COCC1=C([C@H](O)CC/C(C)=C/c2cc(I)c(O)c(OC)c2)[C@H](CO)[C@@H]2C(=O)N(c3cccc([N+](=O)[O-])c3)C(=O)[C@@H]2C1. The fourth-order valence-corrected chi connectivity index (χ4v) is 6.60. The number of aliphatic hydroxyl groups is 2. The first-order valence-electron chi connectivity index (χ1n) is 13.4. The summed E-state index contributed by atoms with van der Waals surface area (Å²) in [6.07, 6.45) is 1.86. The maximum Gasteiger partial charge on any atom is 0.271 e. The van der Waals surface area contributed by atoms with Gasteiger partial charge in [0, 0.05) is 25.2 Å². The lowest BCUT2D eigenvalue weighted by molar-refractivity contribution is -0.384. The fraction of sp³-hybridized carbons (Fsp3) is 0.400. The number of fused-ring (bicyclic) bond motifs is 1. The molecule has 0 unspecified atom stereocenters. The zero-order valence-corrected chi connectivity index (χ0v) is 25.6. The number of hydrogen-bond donors (Lipinski definition) is 3. The number of carbonyl (C=O) groups excluding carboxylic acids is 2. The Morgan fingerprint density at radius 2 is 1.98 bits per heavy atom. The number of phenols is 1. The van der Waals surface area contributed by atoms with Crippen LogP contribution in [0, 0.1) is 31.4 Å². The van der Waals surface area contributed by atoms with Crippen molar-refractivity contribution in [2.45, 2.75) is 32.3 Å². The van der Waals surface area contributed by atoms with E-state index in [2.05, 4.69) is 0 Å². The molecule has 4 atom stereocenters. The molecule has 2 amide bonds. The Morgan fingerprint density at radius 3 is 2.62 bits per heavy atom. The number of aromatic hydroxyl groups is 1. The summed E-state index contributed by atoms with van der Waals surface area (Å²) < 4.78 is 11.3. The van der Waals surface area contributed by atoms with E-state index in [4.69, 9.17) is 9.47 Å². The van der Waals surface area contributed by atoms with E-state index in [1.165, 1.54) is 38.5 Å². The Balaban J connectivity index is 1.59. The maximum atomic E-state index is 13.7. The summed E-state index contributed by atoms with van der Waals surface area (Å²) in [5, 5.41) is 43.3. The molecule has 0 spiro atoms. The number of methoxy groups -OCH3 is 2. The van der Waals surface area contributed by atoms with Crippen LogP contribution in [0.25, 0.3) is 6.08 Å². The third-order valence-corrected chi connectivity index (χ3v) is 8.68. The molecule has 12 heteroatoms. The van der Waals surface area contributed by atoms with Crippen LogP contribution in [0.5, 0.6) is 11.5 Å². The summed E-state index contributed by atoms with van der Waals surface area (Å²) in [6.45, 7) is 1.56. The molecule has 2 aliphatic rings. The Labute approximate surface area is 256 Å². The van der Waals surface area contributed by atoms with Gasteiger partial charge >= 0.3 is 0 Å². The molecule has 1 saturated heterocycles. The van der Waals surface area contributed by atoms with Crippen molar-refractivity contribution >= 4 is 51.9 Å². The molecule has 1 heterocycles. The second-order valence-corrected chi connectivity index (χ2v) is 11.7. The molecule has 1 aliphatic carbocycles. The van der Waals surface area contributed by atoms with E-state index in [0.717, 1.165) is 16.0 Å². The first-order chi connectivity index (χ1) is 20.0. The van der Waals surface area contributed by atoms with Gasteiger partial charge in [-0.25, -0.2) is 4.90 Å². The van der Waals surface area contributed by atoms with Gasteiger partial charge in [0.1, 0.15) is 0 Å². The van der Waals surface area contributed by atoms with E-state index in [1.54, 1.807) is 6.07 Å². The zero-order chi connectivity index (χ0) is 30.7. The Morgan fingerprint density at radius 1 is 1.24 bits per heavy atom. The van der Waals surface area contributed by atoms with Crippen molar-refractivity contribution in [3.05, 3.63) is 72.4 Å². The average molecular weight is 693 g/mol. The quantitative estimate of drug-likeness (QED) is 0.103. The lowest BCUT2D eigenvalue weighted by Crippen LogP contribution is -2.39. The minimum atomic E-state index is -1.01. The minimum Gasteiger partial charge on any atom is -0.504 e. The van der Waals surface area contributed by atoms with Crippen LogP contribution in [0.15, 0.2) is 53.1 Å². The average Bonchev–Trinajstić information content (AvgIpc) is 3.21. The molecule has 42 heavy (non-hydrogen) atoms. The number of benzene rings is 2. The minimum absolute atomic E-state index is 0.0653. The molecule has 0 radical (unpaired) electrons. The van der Waals surface area contributed by atoms with Gasteiger partial charge in [0.05, 0.1) is 52.4 Å². The second-order valence-electron chi connectivity index (χ2n) is 10.5. The van der Waals surface area contributed by atoms with Gasteiger partial charge in [-0.3, -0.25) is 19.7 Å². The predicted molar refractivity (Wildman–Crippen MR) is 163 cm³/mol. The summed E-state index contributed by atoms with van der Waals surface area (Å²) in [6, 6.07) is 8.87. The van der Waals surface area contributed by atoms with Crippen molar-refractivity contribution in [2.24, 2.45) is 17.8 Å². The third-order valence-electron chi connectivity index (χ3n) is 7.85. The highest BCUT2D eigenvalue weighted by Crippen LogP contribution is 2.47. The van der Waals surface area contributed by atoms with Gasteiger partial charge in [-0.1, -0.05) is 17.7 Å². The Kier molecular flexibility index (Phi) is 10.0. The van der Waals surface area contributed by atoms with Crippen molar-refractivity contribution in [3.63, 3.8) is 0 Å². The van der Waals surface area contributed by atoms with Crippen LogP contribution in [0.1, 0.15) is 31.7 Å². The third kappa shape index (κ3) is 6.21. The van der Waals surface area contributed by atoms with Crippen LogP contribution in [-0.2, 0) is 14.3 Å². The van der Waals surface area contributed by atoms with Gasteiger partial charge in [-0.15, -0.1) is 0 Å². The number of nitrogens with zero attached hydrogens (tertiary/aromatic N) is 2. The number of phenolic OH excluding ortho intramolecular Hbond substituents is 1. The number of nitro benzene ring substituents is 1. The largest absolute Gasteiger partial charge is 0.504 e. The van der Waals surface area contributed by atoms with Crippen LogP contribution >= 0.6 is 22.6 Å². The van der Waals surface area contributed by atoms with E-state index in [9.17, 15) is 35.0 Å². The Bertz CT molecular complexity index is 1450. The number of anilines is 1. The number of allylic oxidation sites excluding steroid dienone is 1. The zero-order valence-electron chi connectivity index (χ0n) is 23.4. The van der Waals surface area contributed by atoms with Crippen molar-refractivity contribution in [1.29, 1.82) is 0 Å². The van der Waals surface area contributed by atoms with Crippen LogP contribution in [0.3, 0.4) is 0 Å². The van der Waals surface area contributed by atoms with Crippen LogP contribution < -0.4 is 9.64 Å². The lowest BCUT2D eigenvalue weighted by atomic mass is 9.68. The maximum absolute atomic E-state index is 13.7. The Hall–Kier alpha value is -3.33. The number of aliphatic hydroxyl groups excluding tert-OH is 2. The van der Waals surface area contributed by atoms with E-state index in [-0.39, 0.29) is 30.2 Å². The number of amides is 2. The van der Waals surface area contributed by atoms with Gasteiger partial charge in [0.2, 0.25) is 11.8 Å². The van der Waals surface area contributed by atoms with Crippen LogP contribution in [0.2, 0.25) is 0 Å². The topological polar surface area (TPSA) is 160 Å². The normalized spacial score (nSPS) is 21.5. The summed E-state index contributed by atoms with van der Waals surface area (Å²) in [7, 11) is 2.97. The fourth-order valence-electron chi connectivity index (χ4n) is 5.98. The van der Waals surface area contributed by atoms with Crippen molar-refractivity contribution in [3.8, 4) is 11.5 Å². The molecule has 224 valence electrons. The summed E-state index contributed by atoms with van der Waals surface area (Å²) >= 11 is 2.02. The highest BCUT2D eigenvalue weighted by molar-refractivity contribution is 14.1. The number of nitro groups is 1. The molecule has 0 saturated carbocycles. The van der Waals surface area contributed by atoms with Crippen LogP contribution in [-0.4, -0.2) is 65.6 Å². The number of imide groups is 1. The van der Waals surface area contributed by atoms with Gasteiger partial charge in [-0.05, 0) is 83.7 Å². The number of hydrogen-bond acceptors (Lipinski definition) is 9. The molecule has 2 aromatic carbocycles. The standard InChI is InChI=1S/C30H33IN2O9/c1-16(9-17-10-23(31)28(36)25(11-17)42-3)7-8-24(35)26-18(15-41-2)12-21-27(22(26)14-34)30(38)32(29(21)37)19-5-4-6-20(13-19)33(39)40/h4-6,9-11,13,21-22,24,27,34-36H,7-8,12,14-15H2,1-3H3/b16-9+/t21-,22+,24-,27-/m1/s1. The molecule has 11 nitrogen and oxygen atoms in total. The van der Waals surface area contributed by atoms with Gasteiger partial charge in [-0.2, -0.15) is 0 Å². The molecule has 0 bridgehead atoms. The van der Waals surface area contributed by atoms with E-state index < -0.39 is 47.2 Å². The highest BCUT2D eigenvalue weighted by atomic mass is 127. The first-order valence-corrected chi connectivity index (χ1v) is 14.5. The summed E-state index contributed by atoms with van der Waals surface area (Å²) in [4.78, 5) is 38.8. The van der Waals surface area contributed by atoms with Crippen molar-refractivity contribution < 1.29 is 39.3 Å². The molecule has 0 aromatic heterocycles. The second kappa shape index (κ2) is 13.3. The molecule has 2 aromatic rings. The number of rotatable bonds is 11. The number of non-ortho nitro benzene ring substituents is 1. The van der Waals surface area contributed by atoms with Crippen molar-refractivity contribution in [2.75, 3.05) is 32.3 Å². The molecule has 1 fully saturated rings. The van der Waals surface area contributed by atoms with E-state index in [0.29, 0.717) is 33.3 Å². The van der Waals surface area contributed by atoms with Gasteiger partial charge < -0.3 is 24.8 Å². The molecule has 4 rings (SSSR count). The number of ether oxygens (including phenoxy) is 2. The smallest absolute Gasteiger partial charge is 0.271 e. The van der Waals surface area contributed by atoms with E-state index in [1.807, 2.05) is 41.7 Å². The predicted octanol–water partition coefficient (Wildman–Crippen LogP) is 4.22. The van der Waals surface area contributed by atoms with Gasteiger partial charge in [0.25, 0.3) is 5.69 Å². The lowest BCUT2D eigenvalue weighted by Gasteiger charge is -2.36. The van der Waals surface area contributed by atoms with E-state index >= 15 is 0 Å². The van der Waals surface area contributed by atoms with Crippen LogP contribution in [0.4, 0.5) is 11.4 Å². The molecule has 3 N–H and O–H groups in total.